The van der Waals surface area contributed by atoms with E-state index in [0.717, 1.165) is 17.7 Å². The van der Waals surface area contributed by atoms with Crippen molar-refractivity contribution < 1.29 is 8.42 Å². The van der Waals surface area contributed by atoms with Crippen molar-refractivity contribution in [1.29, 1.82) is 0 Å². The van der Waals surface area contributed by atoms with E-state index in [1.807, 2.05) is 31.2 Å². The standard InChI is InChI=1S/C13H20N2O2S2/c1-2-15(11-7-8-11)19(16,17)10-9-18-13-6-4-3-5-12(13)14/h3-6,11H,2,7-10,14H2,1H3. The molecule has 1 saturated carbocycles. The Labute approximate surface area is 119 Å². The molecular weight excluding hydrogens is 280 g/mol. The number of para-hydroxylation sites is 1. The highest BCUT2D eigenvalue weighted by atomic mass is 32.2. The fourth-order valence-electron chi connectivity index (χ4n) is 2.03. The number of nitrogen functional groups attached to an aromatic ring is 1. The Bertz CT molecular complexity index is 527. The van der Waals surface area contributed by atoms with E-state index in [0.29, 0.717) is 18.0 Å². The van der Waals surface area contributed by atoms with E-state index < -0.39 is 10.0 Å². The SMILES string of the molecule is CCN(C1CC1)S(=O)(=O)CCSc1ccccc1N. The lowest BCUT2D eigenvalue weighted by Gasteiger charge is -2.19. The normalized spacial score (nSPS) is 15.9. The number of nitrogens with zero attached hydrogens (tertiary/aromatic N) is 1. The van der Waals surface area contributed by atoms with Crippen molar-refractivity contribution in [3.8, 4) is 0 Å². The third-order valence-electron chi connectivity index (χ3n) is 3.14. The fourth-order valence-corrected chi connectivity index (χ4v) is 5.13. The number of thioether (sulfide) groups is 1. The van der Waals surface area contributed by atoms with Crippen molar-refractivity contribution in [2.45, 2.75) is 30.7 Å². The van der Waals surface area contributed by atoms with E-state index in [2.05, 4.69) is 0 Å². The van der Waals surface area contributed by atoms with Gasteiger partial charge in [0.2, 0.25) is 10.0 Å². The molecule has 0 unspecified atom stereocenters. The van der Waals surface area contributed by atoms with Crippen LogP contribution in [0.2, 0.25) is 0 Å². The molecule has 1 aromatic carbocycles. The summed E-state index contributed by atoms with van der Waals surface area (Å²) in [5.41, 5.74) is 6.54. The smallest absolute Gasteiger partial charge is 0.215 e. The fraction of sp³-hybridized carbons (Fsp3) is 0.538. The van der Waals surface area contributed by atoms with Crippen LogP contribution in [-0.2, 0) is 10.0 Å². The zero-order chi connectivity index (χ0) is 13.9. The van der Waals surface area contributed by atoms with E-state index in [4.69, 9.17) is 5.73 Å². The summed E-state index contributed by atoms with van der Waals surface area (Å²) in [6.45, 7) is 2.48. The number of anilines is 1. The first-order valence-corrected chi connectivity index (χ1v) is 9.11. The van der Waals surface area contributed by atoms with Crippen molar-refractivity contribution in [2.24, 2.45) is 0 Å². The molecule has 19 heavy (non-hydrogen) atoms. The summed E-state index contributed by atoms with van der Waals surface area (Å²) >= 11 is 1.50. The molecule has 0 spiro atoms. The molecule has 1 fully saturated rings. The van der Waals surface area contributed by atoms with Crippen molar-refractivity contribution in [3.63, 3.8) is 0 Å². The quantitative estimate of drug-likeness (QED) is 0.619. The highest BCUT2D eigenvalue weighted by Gasteiger charge is 2.35. The van der Waals surface area contributed by atoms with E-state index in [1.54, 1.807) is 4.31 Å². The predicted octanol–water partition coefficient (Wildman–Crippen LogP) is 2.18. The Morgan fingerprint density at radius 2 is 2.05 bits per heavy atom. The molecule has 0 amide bonds. The molecule has 0 heterocycles. The van der Waals surface area contributed by atoms with Gasteiger partial charge in [0.05, 0.1) is 5.75 Å². The molecule has 0 bridgehead atoms. The van der Waals surface area contributed by atoms with Crippen LogP contribution >= 0.6 is 11.8 Å². The molecule has 6 heteroatoms. The minimum atomic E-state index is -3.12. The molecule has 0 radical (unpaired) electrons. The number of hydrogen-bond donors (Lipinski definition) is 1. The molecule has 1 aliphatic carbocycles. The predicted molar refractivity (Wildman–Crippen MR) is 80.8 cm³/mol. The summed E-state index contributed by atoms with van der Waals surface area (Å²) in [5, 5.41) is 0. The lowest BCUT2D eigenvalue weighted by Crippen LogP contribution is -2.35. The van der Waals surface area contributed by atoms with Gasteiger partial charge in [-0.1, -0.05) is 19.1 Å². The molecule has 2 N–H and O–H groups in total. The minimum Gasteiger partial charge on any atom is -0.398 e. The molecule has 0 atom stereocenters. The summed E-state index contributed by atoms with van der Waals surface area (Å²) in [6, 6.07) is 7.80. The molecule has 4 nitrogen and oxygen atoms in total. The van der Waals surface area contributed by atoms with Crippen molar-refractivity contribution >= 4 is 27.5 Å². The van der Waals surface area contributed by atoms with Crippen LogP contribution in [0.15, 0.2) is 29.2 Å². The lowest BCUT2D eigenvalue weighted by atomic mass is 10.3. The van der Waals surface area contributed by atoms with E-state index in [-0.39, 0.29) is 11.8 Å². The van der Waals surface area contributed by atoms with E-state index in [1.165, 1.54) is 11.8 Å². The molecule has 0 aromatic heterocycles. The monoisotopic (exact) mass is 300 g/mol. The maximum absolute atomic E-state index is 12.2. The second-order valence-electron chi connectivity index (χ2n) is 4.64. The average molecular weight is 300 g/mol. The molecular formula is C13H20N2O2S2. The van der Waals surface area contributed by atoms with Gasteiger partial charge in [0.25, 0.3) is 0 Å². The molecule has 0 aliphatic heterocycles. The molecule has 2 rings (SSSR count). The summed E-state index contributed by atoms with van der Waals surface area (Å²) in [6.07, 6.45) is 2.01. The van der Waals surface area contributed by atoms with Crippen molar-refractivity contribution in [1.82, 2.24) is 4.31 Å². The van der Waals surface area contributed by atoms with Crippen LogP contribution < -0.4 is 5.73 Å². The third kappa shape index (κ3) is 3.87. The van der Waals surface area contributed by atoms with Gasteiger partial charge in [0.15, 0.2) is 0 Å². The molecule has 1 aliphatic rings. The summed E-state index contributed by atoms with van der Waals surface area (Å²) in [7, 11) is -3.12. The zero-order valence-corrected chi connectivity index (χ0v) is 12.7. The Morgan fingerprint density at radius 1 is 1.37 bits per heavy atom. The summed E-state index contributed by atoms with van der Waals surface area (Å²) < 4.78 is 26.0. The minimum absolute atomic E-state index is 0.177. The second kappa shape index (κ2) is 6.15. The maximum atomic E-state index is 12.2. The van der Waals surface area contributed by atoms with Crippen LogP contribution in [0.5, 0.6) is 0 Å². The number of hydrogen-bond acceptors (Lipinski definition) is 4. The third-order valence-corrected chi connectivity index (χ3v) is 6.48. The maximum Gasteiger partial charge on any atom is 0.215 e. The highest BCUT2D eigenvalue weighted by molar-refractivity contribution is 8.00. The first kappa shape index (κ1) is 14.7. The number of sulfonamides is 1. The van der Waals surface area contributed by atoms with Gasteiger partial charge in [0.1, 0.15) is 0 Å². The van der Waals surface area contributed by atoms with Crippen LogP contribution in [0.1, 0.15) is 19.8 Å². The number of nitrogens with two attached hydrogens (primary N) is 1. The van der Waals surface area contributed by atoms with Crippen molar-refractivity contribution in [3.05, 3.63) is 24.3 Å². The van der Waals surface area contributed by atoms with Gasteiger partial charge in [0, 0.05) is 28.9 Å². The number of rotatable bonds is 7. The van der Waals surface area contributed by atoms with Gasteiger partial charge in [-0.15, -0.1) is 11.8 Å². The largest absolute Gasteiger partial charge is 0.398 e. The molecule has 0 saturated heterocycles. The Kier molecular flexibility index (Phi) is 4.76. The summed E-state index contributed by atoms with van der Waals surface area (Å²) in [5.74, 6) is 0.718. The van der Waals surface area contributed by atoms with Crippen LogP contribution in [0.4, 0.5) is 5.69 Å². The Hall–Kier alpha value is -0.720. The van der Waals surface area contributed by atoms with Gasteiger partial charge >= 0.3 is 0 Å². The molecule has 1 aromatic rings. The van der Waals surface area contributed by atoms with Gasteiger partial charge < -0.3 is 5.73 Å². The Morgan fingerprint density at radius 3 is 2.63 bits per heavy atom. The average Bonchev–Trinajstić information content (AvgIpc) is 3.16. The van der Waals surface area contributed by atoms with Gasteiger partial charge in [-0.3, -0.25) is 0 Å². The van der Waals surface area contributed by atoms with Crippen LogP contribution in [0.25, 0.3) is 0 Å². The van der Waals surface area contributed by atoms with Gasteiger partial charge in [-0.05, 0) is 25.0 Å². The number of benzene rings is 1. The topological polar surface area (TPSA) is 63.4 Å². The lowest BCUT2D eigenvalue weighted by molar-refractivity contribution is 0.422. The second-order valence-corrected chi connectivity index (χ2v) is 7.81. The van der Waals surface area contributed by atoms with Crippen molar-refractivity contribution in [2.75, 3.05) is 23.8 Å². The van der Waals surface area contributed by atoms with Gasteiger partial charge in [-0.25, -0.2) is 8.42 Å². The first-order chi connectivity index (χ1) is 9.04. The first-order valence-electron chi connectivity index (χ1n) is 6.51. The van der Waals surface area contributed by atoms with Crippen LogP contribution in [0, 0.1) is 0 Å². The van der Waals surface area contributed by atoms with E-state index in [9.17, 15) is 8.42 Å². The zero-order valence-electron chi connectivity index (χ0n) is 11.1. The van der Waals surface area contributed by atoms with Crippen LogP contribution in [-0.4, -0.2) is 36.8 Å². The highest BCUT2D eigenvalue weighted by Crippen LogP contribution is 2.30. The summed E-state index contributed by atoms with van der Waals surface area (Å²) in [4.78, 5) is 0.951. The van der Waals surface area contributed by atoms with Gasteiger partial charge in [-0.2, -0.15) is 4.31 Å². The molecule has 106 valence electrons. The van der Waals surface area contributed by atoms with Crippen LogP contribution in [0.3, 0.4) is 0 Å². The van der Waals surface area contributed by atoms with E-state index >= 15 is 0 Å². The Balaban J connectivity index is 1.89.